The monoisotopic (exact) mass is 420 g/mol. The van der Waals surface area contributed by atoms with Crippen molar-refractivity contribution < 1.29 is 13.2 Å². The Bertz CT molecular complexity index is 929. The maximum absolute atomic E-state index is 12.8. The first-order valence-electron chi connectivity index (χ1n) is 9.45. The number of hydrogen-bond acceptors (Lipinski definition) is 3. The fraction of sp³-hybridized carbons (Fsp3) is 0.381. The lowest BCUT2D eigenvalue weighted by atomic mass is 9.98. The molecule has 1 aliphatic heterocycles. The number of sulfonamides is 1. The first-order valence-corrected chi connectivity index (χ1v) is 11.3. The third-order valence-corrected chi connectivity index (χ3v) is 7.13. The predicted molar refractivity (Wildman–Crippen MR) is 111 cm³/mol. The highest BCUT2D eigenvalue weighted by Gasteiger charge is 2.33. The standard InChI is InChI=1S/C21H25ClN2O3S/c1-16-4-2-5-17(14-16)11-12-23-21(25)18-6-3-13-24(15-18)28(26,27)20-9-7-19(22)8-10-20/h2,4-5,7-10,14,18H,3,6,11-13,15H2,1H3,(H,23,25). The highest BCUT2D eigenvalue weighted by Crippen LogP contribution is 2.24. The fourth-order valence-corrected chi connectivity index (χ4v) is 5.12. The second-order valence-corrected chi connectivity index (χ2v) is 9.56. The summed E-state index contributed by atoms with van der Waals surface area (Å²) in [5, 5.41) is 3.45. The molecule has 1 amide bonds. The van der Waals surface area contributed by atoms with Crippen LogP contribution in [0.4, 0.5) is 0 Å². The molecule has 1 atom stereocenters. The van der Waals surface area contributed by atoms with Crippen LogP contribution in [0.15, 0.2) is 53.4 Å². The van der Waals surface area contributed by atoms with Crippen LogP contribution in [0.25, 0.3) is 0 Å². The molecule has 1 heterocycles. The number of nitrogens with zero attached hydrogens (tertiary/aromatic N) is 1. The Balaban J connectivity index is 1.57. The molecule has 5 nitrogen and oxygen atoms in total. The summed E-state index contributed by atoms with van der Waals surface area (Å²) in [6.45, 7) is 3.22. The number of nitrogens with one attached hydrogen (secondary N) is 1. The van der Waals surface area contributed by atoms with Gasteiger partial charge in [0.05, 0.1) is 10.8 Å². The highest BCUT2D eigenvalue weighted by atomic mass is 35.5. The van der Waals surface area contributed by atoms with Crippen molar-refractivity contribution in [2.24, 2.45) is 5.92 Å². The van der Waals surface area contributed by atoms with E-state index in [1.807, 2.05) is 25.1 Å². The molecule has 1 fully saturated rings. The van der Waals surface area contributed by atoms with Gasteiger partial charge in [-0.3, -0.25) is 4.79 Å². The van der Waals surface area contributed by atoms with Gasteiger partial charge in [-0.25, -0.2) is 8.42 Å². The molecule has 0 spiro atoms. The summed E-state index contributed by atoms with van der Waals surface area (Å²) in [5.74, 6) is -0.406. The van der Waals surface area contributed by atoms with E-state index in [0.29, 0.717) is 31.0 Å². The van der Waals surface area contributed by atoms with Gasteiger partial charge >= 0.3 is 0 Å². The van der Waals surface area contributed by atoms with Gasteiger partial charge in [0, 0.05) is 24.7 Å². The van der Waals surface area contributed by atoms with Gasteiger partial charge in [-0.05, 0) is 56.0 Å². The molecular formula is C21H25ClN2O3S. The average Bonchev–Trinajstić information content (AvgIpc) is 2.68. The Morgan fingerprint density at radius 1 is 1.21 bits per heavy atom. The van der Waals surface area contributed by atoms with Crippen molar-refractivity contribution in [3.63, 3.8) is 0 Å². The molecule has 3 rings (SSSR count). The van der Waals surface area contributed by atoms with Crippen LogP contribution in [-0.4, -0.2) is 38.3 Å². The van der Waals surface area contributed by atoms with Crippen LogP contribution < -0.4 is 5.32 Å². The van der Waals surface area contributed by atoms with Gasteiger partial charge in [0.2, 0.25) is 15.9 Å². The molecule has 150 valence electrons. The largest absolute Gasteiger partial charge is 0.355 e. The number of halogens is 1. The lowest BCUT2D eigenvalue weighted by Crippen LogP contribution is -2.45. The van der Waals surface area contributed by atoms with Crippen molar-refractivity contribution in [2.75, 3.05) is 19.6 Å². The molecule has 0 aromatic heterocycles. The van der Waals surface area contributed by atoms with E-state index in [9.17, 15) is 13.2 Å². The van der Waals surface area contributed by atoms with E-state index in [4.69, 9.17) is 11.6 Å². The minimum Gasteiger partial charge on any atom is -0.355 e. The summed E-state index contributed by atoms with van der Waals surface area (Å²) < 4.78 is 27.1. The first kappa shape index (κ1) is 20.8. The summed E-state index contributed by atoms with van der Waals surface area (Å²) in [5.41, 5.74) is 2.37. The number of hydrogen-bond donors (Lipinski definition) is 1. The zero-order chi connectivity index (χ0) is 20.1. The minimum atomic E-state index is -3.62. The van der Waals surface area contributed by atoms with Crippen molar-refractivity contribution >= 4 is 27.5 Å². The zero-order valence-corrected chi connectivity index (χ0v) is 17.5. The van der Waals surface area contributed by atoms with Gasteiger partial charge in [-0.15, -0.1) is 0 Å². The first-order chi connectivity index (χ1) is 13.4. The molecule has 0 saturated carbocycles. The van der Waals surface area contributed by atoms with Crippen LogP contribution in [0, 0.1) is 12.8 Å². The number of benzene rings is 2. The fourth-order valence-electron chi connectivity index (χ4n) is 3.47. The SMILES string of the molecule is Cc1cccc(CCNC(=O)C2CCCN(S(=O)(=O)c3ccc(Cl)cc3)C2)c1. The van der Waals surface area contributed by atoms with Crippen molar-refractivity contribution in [3.05, 3.63) is 64.7 Å². The van der Waals surface area contributed by atoms with Gasteiger partial charge in [0.1, 0.15) is 0 Å². The molecule has 0 aliphatic carbocycles. The van der Waals surface area contributed by atoms with E-state index < -0.39 is 10.0 Å². The molecule has 1 saturated heterocycles. The van der Waals surface area contributed by atoms with Crippen molar-refractivity contribution in [1.82, 2.24) is 9.62 Å². The quantitative estimate of drug-likeness (QED) is 0.778. The molecule has 28 heavy (non-hydrogen) atoms. The Hall–Kier alpha value is -1.89. The van der Waals surface area contributed by atoms with Crippen molar-refractivity contribution in [2.45, 2.75) is 31.1 Å². The number of amides is 1. The van der Waals surface area contributed by atoms with E-state index in [2.05, 4.69) is 11.4 Å². The number of piperidine rings is 1. The second kappa shape index (κ2) is 9.07. The van der Waals surface area contributed by atoms with Gasteiger partial charge in [0.25, 0.3) is 0 Å². The van der Waals surface area contributed by atoms with Crippen LogP contribution in [0.3, 0.4) is 0 Å². The molecule has 7 heteroatoms. The van der Waals surface area contributed by atoms with Gasteiger partial charge < -0.3 is 5.32 Å². The number of aryl methyl sites for hydroxylation is 1. The maximum atomic E-state index is 12.8. The highest BCUT2D eigenvalue weighted by molar-refractivity contribution is 7.89. The smallest absolute Gasteiger partial charge is 0.243 e. The molecule has 1 aliphatic rings. The Kier molecular flexibility index (Phi) is 6.75. The van der Waals surface area contributed by atoms with Crippen LogP contribution in [0.5, 0.6) is 0 Å². The number of carbonyl (C=O) groups excluding carboxylic acids is 1. The van der Waals surface area contributed by atoms with E-state index in [-0.39, 0.29) is 23.3 Å². The van der Waals surface area contributed by atoms with E-state index in [0.717, 1.165) is 6.42 Å². The maximum Gasteiger partial charge on any atom is 0.243 e. The summed E-state index contributed by atoms with van der Waals surface area (Å²) in [7, 11) is -3.62. The average molecular weight is 421 g/mol. The third kappa shape index (κ3) is 5.13. The van der Waals surface area contributed by atoms with E-state index in [1.165, 1.54) is 27.6 Å². The molecule has 1 unspecified atom stereocenters. The van der Waals surface area contributed by atoms with Crippen LogP contribution in [0.2, 0.25) is 5.02 Å². The predicted octanol–water partition coefficient (Wildman–Crippen LogP) is 3.41. The Morgan fingerprint density at radius 3 is 2.68 bits per heavy atom. The number of rotatable bonds is 6. The van der Waals surface area contributed by atoms with Gasteiger partial charge in [0.15, 0.2) is 0 Å². The van der Waals surface area contributed by atoms with E-state index >= 15 is 0 Å². The topological polar surface area (TPSA) is 66.5 Å². The molecular weight excluding hydrogens is 396 g/mol. The number of carbonyl (C=O) groups is 1. The second-order valence-electron chi connectivity index (χ2n) is 7.19. The normalized spacial score (nSPS) is 18.0. The molecule has 0 bridgehead atoms. The van der Waals surface area contributed by atoms with Crippen molar-refractivity contribution in [1.29, 1.82) is 0 Å². The molecule has 2 aromatic carbocycles. The lowest BCUT2D eigenvalue weighted by molar-refractivity contribution is -0.126. The Morgan fingerprint density at radius 2 is 1.96 bits per heavy atom. The van der Waals surface area contributed by atoms with Crippen LogP contribution >= 0.6 is 11.6 Å². The van der Waals surface area contributed by atoms with E-state index in [1.54, 1.807) is 12.1 Å². The third-order valence-electron chi connectivity index (χ3n) is 5.00. The Labute approximate surface area is 171 Å². The molecule has 1 N–H and O–H groups in total. The minimum absolute atomic E-state index is 0.0799. The summed E-state index contributed by atoms with van der Waals surface area (Å²) in [6, 6.07) is 14.3. The van der Waals surface area contributed by atoms with Crippen LogP contribution in [-0.2, 0) is 21.2 Å². The summed E-state index contributed by atoms with van der Waals surface area (Å²) in [6.07, 6.45) is 2.12. The van der Waals surface area contributed by atoms with Crippen molar-refractivity contribution in [3.8, 4) is 0 Å². The summed E-state index contributed by atoms with van der Waals surface area (Å²) >= 11 is 5.85. The molecule has 2 aromatic rings. The van der Waals surface area contributed by atoms with Gasteiger partial charge in [-0.2, -0.15) is 4.31 Å². The zero-order valence-electron chi connectivity index (χ0n) is 15.9. The lowest BCUT2D eigenvalue weighted by Gasteiger charge is -2.31. The summed E-state index contributed by atoms with van der Waals surface area (Å²) in [4.78, 5) is 12.8. The van der Waals surface area contributed by atoms with Crippen LogP contribution in [0.1, 0.15) is 24.0 Å². The van der Waals surface area contributed by atoms with Gasteiger partial charge in [-0.1, -0.05) is 41.4 Å². The molecule has 0 radical (unpaired) electrons.